The molecule has 0 saturated carbocycles. The van der Waals surface area contributed by atoms with Gasteiger partial charge in [0.2, 0.25) is 0 Å². The van der Waals surface area contributed by atoms with Gasteiger partial charge in [0.1, 0.15) is 5.76 Å². The van der Waals surface area contributed by atoms with E-state index >= 15 is 0 Å². The van der Waals surface area contributed by atoms with E-state index in [4.69, 9.17) is 9.15 Å². The highest BCUT2D eigenvalue weighted by molar-refractivity contribution is 4.87. The van der Waals surface area contributed by atoms with Crippen LogP contribution in [0.25, 0.3) is 0 Å². The zero-order valence-electron chi connectivity index (χ0n) is 8.98. The van der Waals surface area contributed by atoms with Crippen LogP contribution in [0.5, 0.6) is 0 Å². The van der Waals surface area contributed by atoms with Crippen molar-refractivity contribution in [1.82, 2.24) is 15.2 Å². The molecule has 1 saturated heterocycles. The van der Waals surface area contributed by atoms with Crippen molar-refractivity contribution in [2.75, 3.05) is 33.3 Å². The average Bonchev–Trinajstić information content (AvgIpc) is 2.71. The maximum absolute atomic E-state index is 5.62. The molecule has 84 valence electrons. The normalized spacial score (nSPS) is 23.1. The molecule has 0 bridgehead atoms. The first-order valence-corrected chi connectivity index (χ1v) is 5.23. The summed E-state index contributed by atoms with van der Waals surface area (Å²) in [4.78, 5) is 6.14. The quantitative estimate of drug-likeness (QED) is 0.765. The van der Waals surface area contributed by atoms with Gasteiger partial charge in [-0.15, -0.1) is 0 Å². The van der Waals surface area contributed by atoms with Gasteiger partial charge in [0.15, 0.2) is 6.39 Å². The first-order chi connectivity index (χ1) is 7.34. The van der Waals surface area contributed by atoms with Gasteiger partial charge in [-0.05, 0) is 7.05 Å². The lowest BCUT2D eigenvalue weighted by Gasteiger charge is -2.30. The van der Waals surface area contributed by atoms with Gasteiger partial charge in [-0.2, -0.15) is 0 Å². The fourth-order valence-corrected chi connectivity index (χ4v) is 1.68. The number of likely N-dealkylation sites (N-methyl/N-ethyl adjacent to an activating group) is 1. The van der Waals surface area contributed by atoms with Crippen molar-refractivity contribution in [3.8, 4) is 0 Å². The predicted molar refractivity (Wildman–Crippen MR) is 55.4 cm³/mol. The molecule has 0 aromatic carbocycles. The molecule has 1 aromatic heterocycles. The Morgan fingerprint density at radius 3 is 3.33 bits per heavy atom. The highest BCUT2D eigenvalue weighted by Gasteiger charge is 2.16. The molecule has 1 N–H and O–H groups in total. The van der Waals surface area contributed by atoms with Crippen molar-refractivity contribution in [2.45, 2.75) is 12.6 Å². The lowest BCUT2D eigenvalue weighted by molar-refractivity contribution is -0.0183. The van der Waals surface area contributed by atoms with Gasteiger partial charge in [0, 0.05) is 19.6 Å². The number of aromatic nitrogens is 1. The number of hydrogen-bond donors (Lipinski definition) is 1. The molecule has 5 nitrogen and oxygen atoms in total. The Morgan fingerprint density at radius 1 is 1.67 bits per heavy atom. The summed E-state index contributed by atoms with van der Waals surface area (Å²) >= 11 is 0. The molecular formula is C10H17N3O2. The largest absolute Gasteiger partial charge is 0.447 e. The molecule has 2 heterocycles. The van der Waals surface area contributed by atoms with Crippen molar-refractivity contribution < 1.29 is 9.15 Å². The van der Waals surface area contributed by atoms with Crippen molar-refractivity contribution in [2.24, 2.45) is 0 Å². The number of hydrogen-bond acceptors (Lipinski definition) is 5. The number of rotatable bonds is 4. The summed E-state index contributed by atoms with van der Waals surface area (Å²) < 4.78 is 10.7. The maximum Gasteiger partial charge on any atom is 0.180 e. The molecule has 1 aliphatic heterocycles. The van der Waals surface area contributed by atoms with Crippen LogP contribution in [0.4, 0.5) is 0 Å². The van der Waals surface area contributed by atoms with E-state index < -0.39 is 0 Å². The van der Waals surface area contributed by atoms with Crippen molar-refractivity contribution in [3.63, 3.8) is 0 Å². The van der Waals surface area contributed by atoms with Crippen LogP contribution in [-0.2, 0) is 11.3 Å². The zero-order valence-corrected chi connectivity index (χ0v) is 8.98. The first kappa shape index (κ1) is 10.6. The molecule has 15 heavy (non-hydrogen) atoms. The fraction of sp³-hybridized carbons (Fsp3) is 0.700. The van der Waals surface area contributed by atoms with Gasteiger partial charge in [0.05, 0.1) is 25.5 Å². The van der Waals surface area contributed by atoms with E-state index in [0.29, 0.717) is 6.54 Å². The molecule has 1 fully saturated rings. The monoisotopic (exact) mass is 211 g/mol. The van der Waals surface area contributed by atoms with E-state index in [9.17, 15) is 0 Å². The van der Waals surface area contributed by atoms with Crippen molar-refractivity contribution in [3.05, 3.63) is 18.4 Å². The van der Waals surface area contributed by atoms with Gasteiger partial charge < -0.3 is 19.4 Å². The van der Waals surface area contributed by atoms with Gasteiger partial charge in [-0.3, -0.25) is 0 Å². The third kappa shape index (κ3) is 3.30. The number of oxazole rings is 1. The summed E-state index contributed by atoms with van der Waals surface area (Å²) in [5, 5.41) is 3.29. The predicted octanol–water partition coefficient (Wildman–Crippen LogP) is 0.0948. The van der Waals surface area contributed by atoms with Gasteiger partial charge in [-0.25, -0.2) is 4.98 Å². The smallest absolute Gasteiger partial charge is 0.180 e. The molecular weight excluding hydrogens is 194 g/mol. The summed E-state index contributed by atoms with van der Waals surface area (Å²) in [7, 11) is 2.12. The minimum atomic E-state index is 0.284. The second-order valence-corrected chi connectivity index (χ2v) is 3.85. The van der Waals surface area contributed by atoms with Crippen molar-refractivity contribution >= 4 is 0 Å². The Labute approximate surface area is 89.4 Å². The highest BCUT2D eigenvalue weighted by atomic mass is 16.5. The number of nitrogens with zero attached hydrogens (tertiary/aromatic N) is 2. The third-order valence-electron chi connectivity index (χ3n) is 2.50. The second-order valence-electron chi connectivity index (χ2n) is 3.85. The molecule has 0 amide bonds. The molecule has 1 atom stereocenters. The van der Waals surface area contributed by atoms with E-state index in [2.05, 4.69) is 22.2 Å². The van der Waals surface area contributed by atoms with E-state index in [1.807, 2.05) is 0 Å². The van der Waals surface area contributed by atoms with Crippen LogP contribution >= 0.6 is 0 Å². The Kier molecular flexibility index (Phi) is 3.71. The molecule has 1 aromatic rings. The Morgan fingerprint density at radius 2 is 2.60 bits per heavy atom. The Hall–Kier alpha value is -0.910. The summed E-state index contributed by atoms with van der Waals surface area (Å²) in [6.07, 6.45) is 3.45. The molecule has 0 spiro atoms. The minimum absolute atomic E-state index is 0.284. The van der Waals surface area contributed by atoms with E-state index in [1.165, 1.54) is 6.39 Å². The van der Waals surface area contributed by atoms with Crippen LogP contribution in [0.2, 0.25) is 0 Å². The molecule has 1 aliphatic rings. The van der Waals surface area contributed by atoms with Gasteiger partial charge in [0.25, 0.3) is 0 Å². The van der Waals surface area contributed by atoms with E-state index in [1.54, 1.807) is 6.20 Å². The van der Waals surface area contributed by atoms with Crippen LogP contribution in [0.15, 0.2) is 17.0 Å². The van der Waals surface area contributed by atoms with Crippen LogP contribution in [0, 0.1) is 0 Å². The van der Waals surface area contributed by atoms with Gasteiger partial charge in [-0.1, -0.05) is 0 Å². The van der Waals surface area contributed by atoms with Crippen molar-refractivity contribution in [1.29, 1.82) is 0 Å². The van der Waals surface area contributed by atoms with Gasteiger partial charge >= 0.3 is 0 Å². The lowest BCUT2D eigenvalue weighted by Crippen LogP contribution is -2.44. The molecule has 0 radical (unpaired) electrons. The number of morpholine rings is 1. The Balaban J connectivity index is 1.65. The summed E-state index contributed by atoms with van der Waals surface area (Å²) in [6, 6.07) is 0. The molecule has 5 heteroatoms. The Bertz CT molecular complexity index is 276. The number of nitrogens with one attached hydrogen (secondary N) is 1. The maximum atomic E-state index is 5.62. The van der Waals surface area contributed by atoms with Crippen LogP contribution < -0.4 is 5.32 Å². The lowest BCUT2D eigenvalue weighted by atomic mass is 10.3. The van der Waals surface area contributed by atoms with Crippen LogP contribution in [-0.4, -0.2) is 49.3 Å². The SMILES string of the molecule is CN1CCOC(CNCc2cnco2)C1. The topological polar surface area (TPSA) is 50.5 Å². The fourth-order valence-electron chi connectivity index (χ4n) is 1.68. The second kappa shape index (κ2) is 5.25. The van der Waals surface area contributed by atoms with E-state index in [0.717, 1.165) is 32.0 Å². The molecule has 2 rings (SSSR count). The molecule has 1 unspecified atom stereocenters. The number of ether oxygens (including phenoxy) is 1. The van der Waals surface area contributed by atoms with Crippen LogP contribution in [0.3, 0.4) is 0 Å². The molecule has 0 aliphatic carbocycles. The zero-order chi connectivity index (χ0) is 10.5. The van der Waals surface area contributed by atoms with Crippen LogP contribution in [0.1, 0.15) is 5.76 Å². The third-order valence-corrected chi connectivity index (χ3v) is 2.50. The first-order valence-electron chi connectivity index (χ1n) is 5.23. The summed E-state index contributed by atoms with van der Waals surface area (Å²) in [5.74, 6) is 0.860. The highest BCUT2D eigenvalue weighted by Crippen LogP contribution is 2.02. The summed E-state index contributed by atoms with van der Waals surface area (Å²) in [6.45, 7) is 4.40. The van der Waals surface area contributed by atoms with E-state index in [-0.39, 0.29) is 6.10 Å². The minimum Gasteiger partial charge on any atom is -0.447 e. The standard InChI is InChI=1S/C10H17N3O2/c1-13-2-3-14-10(7-13)6-11-4-9-5-12-8-15-9/h5,8,10-11H,2-4,6-7H2,1H3. The summed E-state index contributed by atoms with van der Waals surface area (Å²) in [5.41, 5.74) is 0. The average molecular weight is 211 g/mol.